The van der Waals surface area contributed by atoms with Crippen LogP contribution in [-0.4, -0.2) is 69.9 Å². The highest BCUT2D eigenvalue weighted by Gasteiger charge is 2.50. The first-order chi connectivity index (χ1) is 16.1. The lowest BCUT2D eigenvalue weighted by atomic mass is 9.49. The van der Waals surface area contributed by atoms with Crippen LogP contribution in [0.4, 0.5) is 0 Å². The number of nitrogens with one attached hydrogen (secondary N) is 2. The maximum absolute atomic E-state index is 13.0. The number of carbonyl (C=O) groups excluding carboxylic acids is 1. The first-order valence-corrected chi connectivity index (χ1v) is 13.2. The second kappa shape index (κ2) is 10.5. The van der Waals surface area contributed by atoms with E-state index in [1.807, 2.05) is 6.07 Å². The van der Waals surface area contributed by atoms with E-state index >= 15 is 0 Å². The van der Waals surface area contributed by atoms with Crippen LogP contribution in [0.2, 0.25) is 5.02 Å². The van der Waals surface area contributed by atoms with Crippen molar-refractivity contribution < 1.29 is 14.3 Å². The van der Waals surface area contributed by atoms with Crippen molar-refractivity contribution in [2.45, 2.75) is 38.5 Å². The molecule has 33 heavy (non-hydrogen) atoms. The van der Waals surface area contributed by atoms with E-state index in [2.05, 4.69) is 15.5 Å². The number of ether oxygens (including phenoxy) is 2. The summed E-state index contributed by atoms with van der Waals surface area (Å²) in [6.07, 6.45) is 8.09. The molecule has 7 heteroatoms. The summed E-state index contributed by atoms with van der Waals surface area (Å²) < 4.78 is 11.6. The Morgan fingerprint density at radius 1 is 1.06 bits per heavy atom. The van der Waals surface area contributed by atoms with Crippen molar-refractivity contribution in [3.8, 4) is 5.75 Å². The van der Waals surface area contributed by atoms with E-state index in [0.717, 1.165) is 57.0 Å². The van der Waals surface area contributed by atoms with Gasteiger partial charge >= 0.3 is 0 Å². The fourth-order valence-electron chi connectivity index (χ4n) is 7.09. The largest absolute Gasteiger partial charge is 0.491 e. The van der Waals surface area contributed by atoms with Crippen molar-refractivity contribution in [2.75, 3.05) is 59.1 Å². The highest BCUT2D eigenvalue weighted by atomic mass is 35.5. The van der Waals surface area contributed by atoms with Gasteiger partial charge in [-0.3, -0.25) is 9.69 Å². The van der Waals surface area contributed by atoms with Crippen molar-refractivity contribution in [1.82, 2.24) is 15.5 Å². The molecule has 6 nitrogen and oxygen atoms in total. The lowest BCUT2D eigenvalue weighted by Gasteiger charge is -2.56. The third-order valence-electron chi connectivity index (χ3n) is 8.23. The minimum Gasteiger partial charge on any atom is -0.491 e. The Labute approximate surface area is 202 Å². The molecular formula is C26H38ClN3O3. The molecule has 1 aromatic rings. The van der Waals surface area contributed by atoms with Crippen LogP contribution < -0.4 is 15.4 Å². The molecule has 6 rings (SSSR count). The van der Waals surface area contributed by atoms with Crippen LogP contribution in [0, 0.1) is 23.2 Å². The van der Waals surface area contributed by atoms with Crippen LogP contribution in [0.25, 0.3) is 0 Å². The average molecular weight is 476 g/mol. The maximum Gasteiger partial charge on any atom is 0.252 e. The summed E-state index contributed by atoms with van der Waals surface area (Å²) in [6.45, 7) is 7.70. The first-order valence-electron chi connectivity index (χ1n) is 12.8. The van der Waals surface area contributed by atoms with Crippen molar-refractivity contribution in [1.29, 1.82) is 0 Å². The molecule has 1 aromatic carbocycles. The zero-order valence-corrected chi connectivity index (χ0v) is 20.4. The quantitative estimate of drug-likeness (QED) is 0.506. The fraction of sp³-hybridized carbons (Fsp3) is 0.731. The molecule has 5 fully saturated rings. The summed E-state index contributed by atoms with van der Waals surface area (Å²) in [5, 5.41) is 7.05. The van der Waals surface area contributed by atoms with E-state index in [-0.39, 0.29) is 5.91 Å². The Hall–Kier alpha value is -1.34. The van der Waals surface area contributed by atoms with Crippen molar-refractivity contribution in [3.63, 3.8) is 0 Å². The maximum atomic E-state index is 13.0. The molecule has 1 aliphatic heterocycles. The highest BCUT2D eigenvalue weighted by Crippen LogP contribution is 2.59. The SMILES string of the molecule is O=C(NCC12CC3CC(CC(C3)C1)C2)c1cc(OCCOCCN2CCNCC2)ccc1Cl. The number of nitrogens with zero attached hydrogens (tertiary/aromatic N) is 1. The Kier molecular flexibility index (Phi) is 7.45. The molecule has 4 aliphatic carbocycles. The van der Waals surface area contributed by atoms with Crippen LogP contribution in [0.15, 0.2) is 18.2 Å². The Morgan fingerprint density at radius 2 is 1.76 bits per heavy atom. The topological polar surface area (TPSA) is 62.8 Å². The smallest absolute Gasteiger partial charge is 0.252 e. The summed E-state index contributed by atoms with van der Waals surface area (Å²) in [5.41, 5.74) is 0.811. The Balaban J connectivity index is 1.06. The normalized spacial score (nSPS) is 31.0. The standard InChI is InChI=1S/C26H38ClN3O3/c27-24-2-1-22(33-10-9-32-8-7-30-5-3-28-4-6-30)14-23(24)25(31)29-18-26-15-19-11-20(16-26)13-21(12-19)17-26/h1-2,14,19-21,28H,3-13,15-18H2,(H,29,31). The molecule has 0 atom stereocenters. The van der Waals surface area contributed by atoms with E-state index in [4.69, 9.17) is 21.1 Å². The average Bonchev–Trinajstić information content (AvgIpc) is 2.80. The van der Waals surface area contributed by atoms with Gasteiger partial charge in [-0.2, -0.15) is 0 Å². The van der Waals surface area contributed by atoms with Gasteiger partial charge in [-0.05, 0) is 79.9 Å². The van der Waals surface area contributed by atoms with E-state index in [1.54, 1.807) is 12.1 Å². The molecule has 5 aliphatic rings. The second-order valence-electron chi connectivity index (χ2n) is 10.8. The molecule has 1 heterocycles. The van der Waals surface area contributed by atoms with Gasteiger partial charge in [-0.25, -0.2) is 0 Å². The minimum atomic E-state index is -0.0894. The number of rotatable bonds is 10. The monoisotopic (exact) mass is 475 g/mol. The number of hydrogen-bond acceptors (Lipinski definition) is 5. The fourth-order valence-corrected chi connectivity index (χ4v) is 7.29. The van der Waals surface area contributed by atoms with E-state index < -0.39 is 0 Å². The van der Waals surface area contributed by atoms with Gasteiger partial charge in [0.1, 0.15) is 12.4 Å². The van der Waals surface area contributed by atoms with Crippen LogP contribution in [0.1, 0.15) is 48.9 Å². The van der Waals surface area contributed by atoms with Gasteiger partial charge in [0.15, 0.2) is 0 Å². The van der Waals surface area contributed by atoms with E-state index in [1.165, 1.54) is 38.5 Å². The van der Waals surface area contributed by atoms with Gasteiger partial charge in [-0.1, -0.05) is 11.6 Å². The zero-order chi connectivity index (χ0) is 22.7. The molecule has 2 N–H and O–H groups in total. The zero-order valence-electron chi connectivity index (χ0n) is 19.6. The molecule has 0 radical (unpaired) electrons. The summed E-state index contributed by atoms with van der Waals surface area (Å²) in [6, 6.07) is 5.33. The third kappa shape index (κ3) is 5.84. The predicted molar refractivity (Wildman–Crippen MR) is 130 cm³/mol. The van der Waals surface area contributed by atoms with Crippen molar-refractivity contribution in [2.24, 2.45) is 23.2 Å². The summed E-state index contributed by atoms with van der Waals surface area (Å²) >= 11 is 6.37. The molecular weight excluding hydrogens is 438 g/mol. The van der Waals surface area contributed by atoms with Gasteiger partial charge < -0.3 is 20.1 Å². The van der Waals surface area contributed by atoms with E-state index in [9.17, 15) is 4.79 Å². The number of piperazine rings is 1. The number of halogens is 1. The van der Waals surface area contributed by atoms with Crippen molar-refractivity contribution >= 4 is 17.5 Å². The first kappa shape index (κ1) is 23.4. The van der Waals surface area contributed by atoms with Crippen LogP contribution in [0.5, 0.6) is 5.75 Å². The number of benzene rings is 1. The summed E-state index contributed by atoms with van der Waals surface area (Å²) in [7, 11) is 0. The summed E-state index contributed by atoms with van der Waals surface area (Å²) in [5.74, 6) is 3.21. The molecule has 0 aromatic heterocycles. The molecule has 0 unspecified atom stereocenters. The number of carbonyl (C=O) groups is 1. The summed E-state index contributed by atoms with van der Waals surface area (Å²) in [4.78, 5) is 15.4. The molecule has 4 saturated carbocycles. The van der Waals surface area contributed by atoms with E-state index in [0.29, 0.717) is 41.6 Å². The third-order valence-corrected chi connectivity index (χ3v) is 8.56. The van der Waals surface area contributed by atoms with Gasteiger partial charge in [0.05, 0.1) is 23.8 Å². The molecule has 0 spiro atoms. The molecule has 1 amide bonds. The molecule has 182 valence electrons. The van der Waals surface area contributed by atoms with Crippen molar-refractivity contribution in [3.05, 3.63) is 28.8 Å². The van der Waals surface area contributed by atoms with Gasteiger partial charge in [-0.15, -0.1) is 0 Å². The molecule has 4 bridgehead atoms. The number of amides is 1. The van der Waals surface area contributed by atoms with Crippen LogP contribution >= 0.6 is 11.6 Å². The van der Waals surface area contributed by atoms with Crippen LogP contribution in [-0.2, 0) is 4.74 Å². The van der Waals surface area contributed by atoms with Crippen LogP contribution in [0.3, 0.4) is 0 Å². The van der Waals surface area contributed by atoms with Gasteiger partial charge in [0.25, 0.3) is 5.91 Å². The lowest BCUT2D eigenvalue weighted by molar-refractivity contribution is -0.0503. The minimum absolute atomic E-state index is 0.0894. The van der Waals surface area contributed by atoms with Gasteiger partial charge in [0, 0.05) is 39.3 Å². The second-order valence-corrected chi connectivity index (χ2v) is 11.2. The lowest BCUT2D eigenvalue weighted by Crippen LogP contribution is -2.51. The van der Waals surface area contributed by atoms with Gasteiger partial charge in [0.2, 0.25) is 0 Å². The number of hydrogen-bond donors (Lipinski definition) is 2. The highest BCUT2D eigenvalue weighted by molar-refractivity contribution is 6.33. The Bertz CT molecular complexity index is 792. The predicted octanol–water partition coefficient (Wildman–Crippen LogP) is 3.59. The Morgan fingerprint density at radius 3 is 2.45 bits per heavy atom. The molecule has 1 saturated heterocycles.